The first kappa shape index (κ1) is 20.8. The maximum absolute atomic E-state index is 13.2. The topological polar surface area (TPSA) is 93.9 Å². The molecule has 0 bridgehead atoms. The van der Waals surface area contributed by atoms with Gasteiger partial charge in [-0.05, 0) is 25.5 Å². The van der Waals surface area contributed by atoms with E-state index in [1.165, 1.54) is 4.52 Å². The first-order valence-corrected chi connectivity index (χ1v) is 11.5. The molecule has 2 aromatic heterocycles. The van der Waals surface area contributed by atoms with Crippen LogP contribution >= 0.6 is 0 Å². The number of hydrogen-bond acceptors (Lipinski definition) is 5. The van der Waals surface area contributed by atoms with E-state index in [4.69, 9.17) is 4.98 Å². The zero-order valence-electron chi connectivity index (χ0n) is 18.4. The van der Waals surface area contributed by atoms with Gasteiger partial charge in [-0.1, -0.05) is 31.5 Å². The number of nitrogens with zero attached hydrogens (tertiary/aromatic N) is 4. The third-order valence-corrected chi connectivity index (χ3v) is 6.77. The Kier molecular flexibility index (Phi) is 5.46. The van der Waals surface area contributed by atoms with Crippen molar-refractivity contribution in [1.29, 1.82) is 0 Å². The standard InChI is InChI=1S/C24H29N5O3/c1-2-23(31)28-12-10-18-17(15-28)24(32)29-22(25-18)13-19(26-29)20-8-5-6-11-27(20)14-16-7-3-4-9-21(16)30/h3-4,7,9,13,20,26,30H,2,5-6,8,10-12,14-15H2,1H3. The summed E-state index contributed by atoms with van der Waals surface area (Å²) in [5.74, 6) is 0.375. The van der Waals surface area contributed by atoms with Gasteiger partial charge in [-0.25, -0.2) is 9.50 Å². The first-order valence-electron chi connectivity index (χ1n) is 11.5. The lowest BCUT2D eigenvalue weighted by molar-refractivity contribution is -0.131. The molecule has 2 N–H and O–H groups in total. The van der Waals surface area contributed by atoms with E-state index in [2.05, 4.69) is 10.00 Å². The predicted molar refractivity (Wildman–Crippen MR) is 120 cm³/mol. The number of para-hydroxylation sites is 1. The Balaban J connectivity index is 1.47. The van der Waals surface area contributed by atoms with E-state index in [-0.39, 0.29) is 17.5 Å². The molecule has 2 aliphatic heterocycles. The number of aromatic hydroxyl groups is 1. The Labute approximate surface area is 186 Å². The second kappa shape index (κ2) is 8.43. The summed E-state index contributed by atoms with van der Waals surface area (Å²) >= 11 is 0. The lowest BCUT2D eigenvalue weighted by atomic mass is 9.98. The van der Waals surface area contributed by atoms with E-state index in [1.54, 1.807) is 11.0 Å². The van der Waals surface area contributed by atoms with Gasteiger partial charge < -0.3 is 10.0 Å². The van der Waals surface area contributed by atoms with Crippen LogP contribution in [0.4, 0.5) is 0 Å². The summed E-state index contributed by atoms with van der Waals surface area (Å²) in [6, 6.07) is 9.56. The normalized spacial score (nSPS) is 19.3. The smallest absolute Gasteiger partial charge is 0.277 e. The van der Waals surface area contributed by atoms with Crippen molar-refractivity contribution in [2.24, 2.45) is 0 Å². The third-order valence-electron chi connectivity index (χ3n) is 6.77. The number of carbonyl (C=O) groups is 1. The molecule has 168 valence electrons. The molecule has 8 nitrogen and oxygen atoms in total. The Morgan fingerprint density at radius 1 is 1.25 bits per heavy atom. The van der Waals surface area contributed by atoms with E-state index >= 15 is 0 Å². The van der Waals surface area contributed by atoms with E-state index in [9.17, 15) is 14.7 Å². The fraction of sp³-hybridized carbons (Fsp3) is 0.458. The van der Waals surface area contributed by atoms with Gasteiger partial charge in [0.2, 0.25) is 5.91 Å². The van der Waals surface area contributed by atoms with E-state index in [0.717, 1.165) is 42.8 Å². The van der Waals surface area contributed by atoms with E-state index in [0.29, 0.717) is 49.4 Å². The first-order chi connectivity index (χ1) is 15.5. The number of rotatable bonds is 4. The second-order valence-electron chi connectivity index (χ2n) is 8.78. The van der Waals surface area contributed by atoms with Gasteiger partial charge in [0.05, 0.1) is 29.5 Å². The van der Waals surface area contributed by atoms with Crippen LogP contribution in [-0.2, 0) is 24.3 Å². The minimum atomic E-state index is -0.118. The highest BCUT2D eigenvalue weighted by molar-refractivity contribution is 5.76. The molecule has 1 saturated heterocycles. The average Bonchev–Trinajstić information content (AvgIpc) is 3.24. The summed E-state index contributed by atoms with van der Waals surface area (Å²) in [5.41, 5.74) is 3.80. The fourth-order valence-corrected chi connectivity index (χ4v) is 5.00. The van der Waals surface area contributed by atoms with Crippen LogP contribution in [-0.4, -0.2) is 48.5 Å². The predicted octanol–water partition coefficient (Wildman–Crippen LogP) is 2.75. The van der Waals surface area contributed by atoms with Crippen LogP contribution in [0, 0.1) is 0 Å². The molecule has 0 aliphatic carbocycles. The molecule has 2 aliphatic rings. The summed E-state index contributed by atoms with van der Waals surface area (Å²) < 4.78 is 1.53. The Morgan fingerprint density at radius 3 is 2.91 bits per heavy atom. The Bertz CT molecular complexity index is 1210. The molecule has 0 spiro atoms. The van der Waals surface area contributed by atoms with Crippen LogP contribution < -0.4 is 5.56 Å². The lowest BCUT2D eigenvalue weighted by Gasteiger charge is -2.35. The number of H-pyrrole nitrogens is 1. The SMILES string of the molecule is CCC(=O)N1CCc2nc3cc(C4CCCCN4Cc4ccccc4O)[nH]n3c(=O)c2C1. The average molecular weight is 436 g/mol. The number of piperidine rings is 1. The molecule has 4 heterocycles. The molecule has 1 fully saturated rings. The lowest BCUT2D eigenvalue weighted by Crippen LogP contribution is -2.40. The molecule has 0 radical (unpaired) electrons. The van der Waals surface area contributed by atoms with Crippen LogP contribution in [0.2, 0.25) is 0 Å². The summed E-state index contributed by atoms with van der Waals surface area (Å²) in [5, 5.41) is 13.5. The Morgan fingerprint density at radius 2 is 2.09 bits per heavy atom. The maximum atomic E-state index is 13.2. The number of fused-ring (bicyclic) bond motifs is 2. The third kappa shape index (κ3) is 3.68. The number of benzene rings is 1. The molecule has 32 heavy (non-hydrogen) atoms. The van der Waals surface area contributed by atoms with Crippen LogP contribution in [0.1, 0.15) is 61.2 Å². The molecule has 8 heteroatoms. The van der Waals surface area contributed by atoms with Gasteiger partial charge in [0.15, 0.2) is 5.65 Å². The van der Waals surface area contributed by atoms with Gasteiger partial charge in [0.1, 0.15) is 5.75 Å². The van der Waals surface area contributed by atoms with Crippen molar-refractivity contribution in [3.8, 4) is 5.75 Å². The summed E-state index contributed by atoms with van der Waals surface area (Å²) in [7, 11) is 0. The van der Waals surface area contributed by atoms with Crippen molar-refractivity contribution in [1.82, 2.24) is 24.4 Å². The van der Waals surface area contributed by atoms with Crippen molar-refractivity contribution < 1.29 is 9.90 Å². The fourth-order valence-electron chi connectivity index (χ4n) is 5.00. The number of nitrogens with one attached hydrogen (secondary N) is 1. The second-order valence-corrected chi connectivity index (χ2v) is 8.78. The van der Waals surface area contributed by atoms with Gasteiger partial charge in [-0.2, -0.15) is 0 Å². The zero-order valence-corrected chi connectivity index (χ0v) is 18.4. The molecule has 1 atom stereocenters. The van der Waals surface area contributed by atoms with Gasteiger partial charge in [-0.3, -0.25) is 19.6 Å². The maximum Gasteiger partial charge on any atom is 0.277 e. The van der Waals surface area contributed by atoms with Crippen molar-refractivity contribution >= 4 is 11.6 Å². The molecule has 0 saturated carbocycles. The number of hydrogen-bond donors (Lipinski definition) is 2. The van der Waals surface area contributed by atoms with Gasteiger partial charge in [0, 0.05) is 37.6 Å². The molecule has 1 amide bonds. The molecular formula is C24H29N5O3. The van der Waals surface area contributed by atoms with E-state index < -0.39 is 0 Å². The summed E-state index contributed by atoms with van der Waals surface area (Å²) in [6.07, 6.45) is 4.25. The quantitative estimate of drug-likeness (QED) is 0.657. The Hall–Kier alpha value is -3.13. The van der Waals surface area contributed by atoms with Gasteiger partial charge in [-0.15, -0.1) is 0 Å². The number of likely N-dealkylation sites (tertiary alicyclic amines) is 1. The number of phenols is 1. The number of phenolic OH excluding ortho intramolecular Hbond substituents is 1. The largest absolute Gasteiger partial charge is 0.508 e. The van der Waals surface area contributed by atoms with Crippen LogP contribution in [0.15, 0.2) is 35.1 Å². The summed E-state index contributed by atoms with van der Waals surface area (Å²) in [6.45, 7) is 4.36. The van der Waals surface area contributed by atoms with Crippen molar-refractivity contribution in [2.45, 2.75) is 58.2 Å². The minimum Gasteiger partial charge on any atom is -0.508 e. The van der Waals surface area contributed by atoms with Crippen molar-refractivity contribution in [3.63, 3.8) is 0 Å². The van der Waals surface area contributed by atoms with Crippen LogP contribution in [0.3, 0.4) is 0 Å². The number of aromatic nitrogens is 3. The van der Waals surface area contributed by atoms with Gasteiger partial charge >= 0.3 is 0 Å². The minimum absolute atomic E-state index is 0.0642. The molecule has 1 unspecified atom stereocenters. The highest BCUT2D eigenvalue weighted by Crippen LogP contribution is 2.33. The highest BCUT2D eigenvalue weighted by Gasteiger charge is 2.28. The highest BCUT2D eigenvalue weighted by atomic mass is 16.3. The zero-order chi connectivity index (χ0) is 22.2. The van der Waals surface area contributed by atoms with Crippen molar-refractivity contribution in [2.75, 3.05) is 13.1 Å². The monoisotopic (exact) mass is 435 g/mol. The van der Waals surface area contributed by atoms with Crippen LogP contribution in [0.25, 0.3) is 5.65 Å². The number of carbonyl (C=O) groups excluding carboxylic acids is 1. The summed E-state index contributed by atoms with van der Waals surface area (Å²) in [4.78, 5) is 34.3. The van der Waals surface area contributed by atoms with Crippen LogP contribution in [0.5, 0.6) is 5.75 Å². The molecule has 5 rings (SSSR count). The van der Waals surface area contributed by atoms with E-state index in [1.807, 2.05) is 31.2 Å². The molecule has 1 aromatic carbocycles. The number of aromatic amines is 1. The molecule has 3 aromatic rings. The van der Waals surface area contributed by atoms with Crippen molar-refractivity contribution in [3.05, 3.63) is 63.2 Å². The number of amides is 1. The van der Waals surface area contributed by atoms with Gasteiger partial charge in [0.25, 0.3) is 5.56 Å². The molecular weight excluding hydrogens is 406 g/mol.